The lowest BCUT2D eigenvalue weighted by molar-refractivity contribution is -0.228. The number of amides is 3. The van der Waals surface area contributed by atoms with Crippen LogP contribution in [0.4, 0.5) is 0 Å². The summed E-state index contributed by atoms with van der Waals surface area (Å²) in [6, 6.07) is 21.5. The molecular formula is C27H27N3O5. The van der Waals surface area contributed by atoms with Gasteiger partial charge in [0.15, 0.2) is 0 Å². The van der Waals surface area contributed by atoms with Gasteiger partial charge in [-0.3, -0.25) is 19.2 Å². The van der Waals surface area contributed by atoms with E-state index in [1.165, 1.54) is 13.8 Å². The van der Waals surface area contributed by atoms with E-state index in [0.717, 1.165) is 26.4 Å². The van der Waals surface area contributed by atoms with Crippen LogP contribution in [-0.4, -0.2) is 46.0 Å². The third kappa shape index (κ3) is 4.93. The second-order valence-electron chi connectivity index (χ2n) is 8.59. The summed E-state index contributed by atoms with van der Waals surface area (Å²) in [4.78, 5) is 51.5. The molecule has 0 bridgehead atoms. The molecule has 35 heavy (non-hydrogen) atoms. The SMILES string of the molecule is CC(=O)O[C@H]1[C@H](c2ccc3ccccc3c2)C(=O)N1N(C(=O)CCc1ccccc1)C(=O)[C@H](C)N. The molecule has 3 amide bonds. The first-order valence-electron chi connectivity index (χ1n) is 11.4. The van der Waals surface area contributed by atoms with E-state index in [1.807, 2.05) is 66.7 Å². The number of benzene rings is 3. The molecule has 8 heteroatoms. The molecule has 3 atom stereocenters. The van der Waals surface area contributed by atoms with Crippen molar-refractivity contribution in [2.45, 2.75) is 44.9 Å². The second-order valence-corrected chi connectivity index (χ2v) is 8.59. The number of imide groups is 1. The number of nitrogens with zero attached hydrogens (tertiary/aromatic N) is 2. The molecule has 0 aromatic heterocycles. The van der Waals surface area contributed by atoms with Crippen LogP contribution in [0.25, 0.3) is 10.8 Å². The number of carbonyl (C=O) groups excluding carboxylic acids is 4. The highest BCUT2D eigenvalue weighted by Crippen LogP contribution is 2.39. The summed E-state index contributed by atoms with van der Waals surface area (Å²) in [5, 5.41) is 3.59. The minimum absolute atomic E-state index is 0.0281. The molecule has 0 aliphatic carbocycles. The van der Waals surface area contributed by atoms with E-state index in [4.69, 9.17) is 10.5 Å². The average molecular weight is 474 g/mol. The lowest BCUT2D eigenvalue weighted by Crippen LogP contribution is -2.70. The number of aryl methyl sites for hydroxylation is 1. The first-order chi connectivity index (χ1) is 16.8. The Hall–Kier alpha value is -4.04. The summed E-state index contributed by atoms with van der Waals surface area (Å²) in [6.07, 6.45) is -0.805. The predicted octanol–water partition coefficient (Wildman–Crippen LogP) is 2.91. The Kier molecular flexibility index (Phi) is 6.93. The number of fused-ring (bicyclic) bond motifs is 1. The van der Waals surface area contributed by atoms with Gasteiger partial charge in [0.05, 0.1) is 6.04 Å². The zero-order valence-electron chi connectivity index (χ0n) is 19.6. The molecule has 1 aliphatic heterocycles. The van der Waals surface area contributed by atoms with Crippen molar-refractivity contribution in [3.05, 3.63) is 83.9 Å². The van der Waals surface area contributed by atoms with Crippen molar-refractivity contribution in [2.75, 3.05) is 0 Å². The Morgan fingerprint density at radius 2 is 1.66 bits per heavy atom. The van der Waals surface area contributed by atoms with Gasteiger partial charge in [0.1, 0.15) is 5.92 Å². The number of esters is 1. The molecule has 1 saturated heterocycles. The van der Waals surface area contributed by atoms with Gasteiger partial charge in [-0.05, 0) is 35.2 Å². The minimum atomic E-state index is -1.15. The van der Waals surface area contributed by atoms with Gasteiger partial charge >= 0.3 is 5.97 Å². The Morgan fingerprint density at radius 1 is 1.00 bits per heavy atom. The maximum Gasteiger partial charge on any atom is 0.304 e. The molecule has 8 nitrogen and oxygen atoms in total. The van der Waals surface area contributed by atoms with Crippen LogP contribution in [0.3, 0.4) is 0 Å². The van der Waals surface area contributed by atoms with Gasteiger partial charge in [0.25, 0.3) is 11.8 Å². The fraction of sp³-hybridized carbons (Fsp3) is 0.259. The number of nitrogens with two attached hydrogens (primary N) is 1. The highest BCUT2D eigenvalue weighted by Gasteiger charge is 2.56. The summed E-state index contributed by atoms with van der Waals surface area (Å²) >= 11 is 0. The summed E-state index contributed by atoms with van der Waals surface area (Å²) in [6.45, 7) is 2.65. The van der Waals surface area contributed by atoms with Crippen LogP contribution in [0.1, 0.15) is 37.3 Å². The molecule has 1 fully saturated rings. The van der Waals surface area contributed by atoms with Gasteiger partial charge in [0, 0.05) is 13.3 Å². The molecule has 0 saturated carbocycles. The number of hydrogen-bond acceptors (Lipinski definition) is 6. The molecule has 180 valence electrons. The number of β-lactam (4-membered cyclic amide) rings is 1. The molecule has 0 radical (unpaired) electrons. The standard InChI is InChI=1S/C27H27N3O5/c1-17(28)25(33)29(23(32)15-12-19-8-4-3-5-9-19)30-26(34)24(27(30)35-18(2)31)22-14-13-20-10-6-7-11-21(20)16-22/h3-11,13-14,16-17,24,27H,12,15,28H2,1-2H3/t17-,24+,27-/m0/s1. The maximum atomic E-state index is 13.4. The Bertz CT molecular complexity index is 1270. The zero-order chi connectivity index (χ0) is 25.1. The molecule has 3 aromatic rings. The normalized spacial score (nSPS) is 18.0. The van der Waals surface area contributed by atoms with Crippen LogP contribution in [0.5, 0.6) is 0 Å². The molecule has 2 N–H and O–H groups in total. The lowest BCUT2D eigenvalue weighted by Gasteiger charge is -2.49. The predicted molar refractivity (Wildman–Crippen MR) is 129 cm³/mol. The van der Waals surface area contributed by atoms with Crippen molar-refractivity contribution >= 4 is 34.5 Å². The molecule has 4 rings (SSSR count). The quantitative estimate of drug-likeness (QED) is 0.417. The minimum Gasteiger partial charge on any atom is -0.439 e. The van der Waals surface area contributed by atoms with Crippen molar-refractivity contribution < 1.29 is 23.9 Å². The van der Waals surface area contributed by atoms with E-state index in [0.29, 0.717) is 12.0 Å². The van der Waals surface area contributed by atoms with Crippen LogP contribution in [-0.2, 0) is 30.3 Å². The van der Waals surface area contributed by atoms with Crippen molar-refractivity contribution in [3.8, 4) is 0 Å². The van der Waals surface area contributed by atoms with Crippen molar-refractivity contribution in [1.82, 2.24) is 10.0 Å². The smallest absolute Gasteiger partial charge is 0.304 e. The van der Waals surface area contributed by atoms with Crippen molar-refractivity contribution in [3.63, 3.8) is 0 Å². The molecule has 0 spiro atoms. The highest BCUT2D eigenvalue weighted by molar-refractivity contribution is 6.02. The third-order valence-corrected chi connectivity index (χ3v) is 5.96. The second kappa shape index (κ2) is 10.1. The number of hydrogen-bond donors (Lipinski definition) is 1. The van der Waals surface area contributed by atoms with E-state index >= 15 is 0 Å². The average Bonchev–Trinajstić information content (AvgIpc) is 2.85. The van der Waals surface area contributed by atoms with Gasteiger partial charge in [0.2, 0.25) is 12.1 Å². The largest absolute Gasteiger partial charge is 0.439 e. The fourth-order valence-electron chi connectivity index (χ4n) is 4.20. The van der Waals surface area contributed by atoms with Crippen molar-refractivity contribution in [1.29, 1.82) is 0 Å². The van der Waals surface area contributed by atoms with E-state index in [1.54, 1.807) is 6.07 Å². The lowest BCUT2D eigenvalue weighted by atomic mass is 9.87. The first-order valence-corrected chi connectivity index (χ1v) is 11.4. The van der Waals surface area contributed by atoms with Gasteiger partial charge in [-0.1, -0.05) is 72.8 Å². The summed E-state index contributed by atoms with van der Waals surface area (Å²) in [5.74, 6) is -3.35. The molecule has 1 heterocycles. The molecule has 3 aromatic carbocycles. The molecule has 1 aliphatic rings. The molecular weight excluding hydrogens is 446 g/mol. The number of hydrazine groups is 1. The fourth-order valence-corrected chi connectivity index (χ4v) is 4.20. The van der Waals surface area contributed by atoms with Crippen LogP contribution < -0.4 is 5.73 Å². The third-order valence-electron chi connectivity index (χ3n) is 5.96. The van der Waals surface area contributed by atoms with Crippen molar-refractivity contribution in [2.24, 2.45) is 5.73 Å². The van der Waals surface area contributed by atoms with E-state index < -0.39 is 41.9 Å². The van der Waals surface area contributed by atoms with E-state index in [2.05, 4.69) is 0 Å². The van der Waals surface area contributed by atoms with Gasteiger partial charge in [-0.2, -0.15) is 5.01 Å². The Morgan fingerprint density at radius 3 is 2.31 bits per heavy atom. The van der Waals surface area contributed by atoms with Gasteiger partial charge in [-0.25, -0.2) is 5.01 Å². The number of ether oxygens (including phenoxy) is 1. The monoisotopic (exact) mass is 473 g/mol. The van der Waals surface area contributed by atoms with E-state index in [9.17, 15) is 19.2 Å². The van der Waals surface area contributed by atoms with Crippen LogP contribution >= 0.6 is 0 Å². The van der Waals surface area contributed by atoms with Crippen LogP contribution in [0.15, 0.2) is 72.8 Å². The van der Waals surface area contributed by atoms with Gasteiger partial charge in [-0.15, -0.1) is 0 Å². The summed E-state index contributed by atoms with van der Waals surface area (Å²) in [7, 11) is 0. The van der Waals surface area contributed by atoms with Crippen LogP contribution in [0, 0.1) is 0 Å². The highest BCUT2D eigenvalue weighted by atomic mass is 16.6. The topological polar surface area (TPSA) is 110 Å². The summed E-state index contributed by atoms with van der Waals surface area (Å²) in [5.41, 5.74) is 7.35. The Labute approximate surface area is 203 Å². The maximum absolute atomic E-state index is 13.4. The van der Waals surface area contributed by atoms with Crippen LogP contribution in [0.2, 0.25) is 0 Å². The zero-order valence-corrected chi connectivity index (χ0v) is 19.6. The Balaban J connectivity index is 1.64. The summed E-state index contributed by atoms with van der Waals surface area (Å²) < 4.78 is 5.45. The number of rotatable bonds is 7. The van der Waals surface area contributed by atoms with Gasteiger partial charge < -0.3 is 10.5 Å². The molecule has 0 unspecified atom stereocenters. The first kappa shape index (κ1) is 24.1. The van der Waals surface area contributed by atoms with E-state index in [-0.39, 0.29) is 6.42 Å². The number of carbonyl (C=O) groups is 4.